The third-order valence-corrected chi connectivity index (χ3v) is 10.6. The van der Waals surface area contributed by atoms with E-state index in [4.69, 9.17) is 0 Å². The second kappa shape index (κ2) is 10.2. The van der Waals surface area contributed by atoms with Crippen molar-refractivity contribution in [3.05, 3.63) is 29.3 Å². The van der Waals surface area contributed by atoms with Crippen LogP contribution in [0.4, 0.5) is 5.69 Å². The second-order valence-electron chi connectivity index (χ2n) is 9.72. The van der Waals surface area contributed by atoms with Crippen molar-refractivity contribution >= 4 is 51.1 Å². The molecule has 0 radical (unpaired) electrons. The van der Waals surface area contributed by atoms with Gasteiger partial charge in [0, 0.05) is 35.5 Å². The molecule has 1 spiro atoms. The number of anilines is 1. The van der Waals surface area contributed by atoms with E-state index in [0.717, 1.165) is 23.2 Å². The first-order chi connectivity index (χ1) is 16.2. The quantitative estimate of drug-likeness (QED) is 0.323. The molecule has 1 aromatic rings. The molecule has 3 saturated heterocycles. The molecule has 3 unspecified atom stereocenters. The van der Waals surface area contributed by atoms with Crippen LogP contribution in [0.25, 0.3) is 0 Å². The molecule has 9 heteroatoms. The number of unbranched alkanes of at least 4 members (excludes halogenated alkanes) is 1. The topological polar surface area (TPSA) is 98.7 Å². The lowest BCUT2D eigenvalue weighted by atomic mass is 9.70. The number of halogens is 1. The Morgan fingerprint density at radius 3 is 2.74 bits per heavy atom. The van der Waals surface area contributed by atoms with Crippen LogP contribution in [0.15, 0.2) is 18.2 Å². The van der Waals surface area contributed by atoms with Crippen LogP contribution in [0.1, 0.15) is 43.7 Å². The molecule has 7 nitrogen and oxygen atoms in total. The van der Waals surface area contributed by atoms with Crippen molar-refractivity contribution in [2.75, 3.05) is 25.0 Å². The Bertz CT molecular complexity index is 975. The van der Waals surface area contributed by atoms with Gasteiger partial charge in [-0.1, -0.05) is 35.0 Å². The number of nitrogens with zero attached hydrogens (tertiary/aromatic N) is 1. The molecule has 3 amide bonds. The van der Waals surface area contributed by atoms with Gasteiger partial charge in [-0.3, -0.25) is 14.4 Å². The number of aryl methyl sites for hydroxylation is 2. The van der Waals surface area contributed by atoms with Crippen LogP contribution in [0.5, 0.6) is 0 Å². The van der Waals surface area contributed by atoms with E-state index < -0.39 is 22.6 Å². The van der Waals surface area contributed by atoms with Crippen molar-refractivity contribution in [2.45, 2.75) is 67.3 Å². The van der Waals surface area contributed by atoms with Gasteiger partial charge < -0.3 is 20.6 Å². The van der Waals surface area contributed by atoms with Gasteiger partial charge in [-0.05, 0) is 56.7 Å². The highest BCUT2D eigenvalue weighted by atomic mass is 79.9. The molecule has 3 aliphatic heterocycles. The molecule has 4 rings (SSSR count). The van der Waals surface area contributed by atoms with Crippen LogP contribution >= 0.6 is 27.7 Å². The summed E-state index contributed by atoms with van der Waals surface area (Å²) in [7, 11) is 0. The van der Waals surface area contributed by atoms with E-state index in [1.165, 1.54) is 0 Å². The predicted molar refractivity (Wildman–Crippen MR) is 138 cm³/mol. The molecule has 186 valence electrons. The Morgan fingerprint density at radius 1 is 1.26 bits per heavy atom. The molecule has 3 N–H and O–H groups in total. The van der Waals surface area contributed by atoms with Gasteiger partial charge in [0.1, 0.15) is 6.04 Å². The molecule has 1 aromatic carbocycles. The predicted octanol–water partition coefficient (Wildman–Crippen LogP) is 3.01. The van der Waals surface area contributed by atoms with Crippen molar-refractivity contribution in [2.24, 2.45) is 11.8 Å². The zero-order chi connectivity index (χ0) is 24.6. The molecular formula is C25H34BrN3O4S. The number of aliphatic hydroxyl groups excluding tert-OH is 1. The zero-order valence-corrected chi connectivity index (χ0v) is 22.4. The fourth-order valence-electron chi connectivity index (χ4n) is 5.80. The molecular weight excluding hydrogens is 518 g/mol. The lowest BCUT2D eigenvalue weighted by Crippen LogP contribution is -2.53. The van der Waals surface area contributed by atoms with Crippen molar-refractivity contribution in [1.82, 2.24) is 10.2 Å². The summed E-state index contributed by atoms with van der Waals surface area (Å²) >= 11 is 5.42. The normalized spacial score (nSPS) is 31.6. The van der Waals surface area contributed by atoms with Crippen LogP contribution in [0.2, 0.25) is 0 Å². The second-order valence-corrected chi connectivity index (χ2v) is 12.4. The third-order valence-electron chi connectivity index (χ3n) is 7.35. The summed E-state index contributed by atoms with van der Waals surface area (Å²) in [5.74, 6) is -1.37. The molecule has 6 atom stereocenters. The monoisotopic (exact) mass is 551 g/mol. The minimum Gasteiger partial charge on any atom is -0.396 e. The number of hydrogen-bond donors (Lipinski definition) is 3. The number of rotatable bonds is 9. The Kier molecular flexibility index (Phi) is 7.64. The Labute approximate surface area is 213 Å². The molecule has 3 aliphatic rings. The summed E-state index contributed by atoms with van der Waals surface area (Å²) < 4.78 is -0.648. The Morgan fingerprint density at radius 2 is 2.03 bits per heavy atom. The van der Waals surface area contributed by atoms with E-state index in [1.54, 1.807) is 16.7 Å². The Balaban J connectivity index is 1.69. The number of aliphatic hydroxyl groups is 1. The van der Waals surface area contributed by atoms with Crippen molar-refractivity contribution < 1.29 is 19.5 Å². The van der Waals surface area contributed by atoms with E-state index >= 15 is 0 Å². The molecule has 3 fully saturated rings. The van der Waals surface area contributed by atoms with Crippen LogP contribution in [0, 0.1) is 25.7 Å². The van der Waals surface area contributed by atoms with Crippen LogP contribution in [0.3, 0.4) is 0 Å². The van der Waals surface area contributed by atoms with Gasteiger partial charge in [0.15, 0.2) is 0 Å². The molecule has 0 aliphatic carbocycles. The lowest BCUT2D eigenvalue weighted by molar-refractivity contribution is -0.139. The van der Waals surface area contributed by atoms with E-state index in [1.807, 2.05) is 39.0 Å². The summed E-state index contributed by atoms with van der Waals surface area (Å²) in [6.07, 6.45) is 2.66. The number of alkyl halides is 1. The Hall–Kier alpha value is -1.58. The van der Waals surface area contributed by atoms with E-state index in [0.29, 0.717) is 32.4 Å². The summed E-state index contributed by atoms with van der Waals surface area (Å²) in [5.41, 5.74) is 2.75. The first-order valence-corrected chi connectivity index (χ1v) is 13.9. The number of carbonyl (C=O) groups is 3. The molecule has 0 saturated carbocycles. The van der Waals surface area contributed by atoms with Gasteiger partial charge >= 0.3 is 0 Å². The SMILES string of the molecule is CCCNC(=O)[C@H]1[C@H]2C(=O)N(CCCCO)C(C(=O)Nc3cc(C)ccc3C)C23CC(Br)[C@@H]1S3. The number of amides is 3. The number of likely N-dealkylation sites (tertiary alicyclic amines) is 1. The van der Waals surface area contributed by atoms with Gasteiger partial charge in [0.2, 0.25) is 17.7 Å². The van der Waals surface area contributed by atoms with E-state index in [2.05, 4.69) is 26.6 Å². The standard InChI is InChI=1S/C25H34BrN3O4S/c1-4-9-27-22(31)18-19-24(33)29(10-5-6-11-30)21(25(19)13-16(26)20(18)34-25)23(32)28-17-12-14(2)7-8-15(17)3/h7-8,12,16,18-21,30H,4-6,9-11,13H2,1-3H3,(H,27,31)(H,28,32)/t16?,18-,19-,20-,21?,25?/m0/s1. The van der Waals surface area contributed by atoms with Gasteiger partial charge in [0.25, 0.3) is 0 Å². The maximum Gasteiger partial charge on any atom is 0.248 e. The van der Waals surface area contributed by atoms with Crippen LogP contribution < -0.4 is 10.6 Å². The first-order valence-electron chi connectivity index (χ1n) is 12.1. The number of benzene rings is 1. The smallest absolute Gasteiger partial charge is 0.248 e. The summed E-state index contributed by atoms with van der Waals surface area (Å²) in [6, 6.07) is 5.26. The number of hydrogen-bond acceptors (Lipinski definition) is 5. The van der Waals surface area contributed by atoms with Crippen LogP contribution in [-0.2, 0) is 14.4 Å². The van der Waals surface area contributed by atoms with Gasteiger partial charge in [-0.15, -0.1) is 11.8 Å². The summed E-state index contributed by atoms with van der Waals surface area (Å²) in [6.45, 7) is 6.94. The first kappa shape index (κ1) is 25.5. The van der Waals surface area contributed by atoms with Crippen molar-refractivity contribution in [3.8, 4) is 0 Å². The van der Waals surface area contributed by atoms with Gasteiger partial charge in [-0.25, -0.2) is 0 Å². The largest absolute Gasteiger partial charge is 0.396 e. The highest BCUT2D eigenvalue weighted by molar-refractivity contribution is 9.09. The van der Waals surface area contributed by atoms with Crippen molar-refractivity contribution in [1.29, 1.82) is 0 Å². The summed E-state index contributed by atoms with van der Waals surface area (Å²) in [5, 5.41) is 15.3. The molecule has 2 bridgehead atoms. The number of thioether (sulfide) groups is 1. The highest BCUT2D eigenvalue weighted by Gasteiger charge is 2.75. The average Bonchev–Trinajstić information content (AvgIpc) is 3.38. The highest BCUT2D eigenvalue weighted by Crippen LogP contribution is 2.67. The number of nitrogens with one attached hydrogen (secondary N) is 2. The fraction of sp³-hybridized carbons (Fsp3) is 0.640. The van der Waals surface area contributed by atoms with E-state index in [-0.39, 0.29) is 34.4 Å². The fourth-order valence-corrected chi connectivity index (χ4v) is 9.42. The number of fused-ring (bicyclic) bond motifs is 1. The summed E-state index contributed by atoms with van der Waals surface area (Å²) in [4.78, 5) is 42.6. The lowest BCUT2D eigenvalue weighted by Gasteiger charge is -2.35. The van der Waals surface area contributed by atoms with Crippen molar-refractivity contribution in [3.63, 3.8) is 0 Å². The van der Waals surface area contributed by atoms with Gasteiger partial charge in [-0.2, -0.15) is 0 Å². The van der Waals surface area contributed by atoms with E-state index in [9.17, 15) is 19.5 Å². The minimum atomic E-state index is -0.664. The maximum absolute atomic E-state index is 13.9. The average molecular weight is 553 g/mol. The molecule has 0 aromatic heterocycles. The third kappa shape index (κ3) is 4.28. The van der Waals surface area contributed by atoms with Crippen LogP contribution in [-0.4, -0.2) is 68.3 Å². The maximum atomic E-state index is 13.9. The molecule has 3 heterocycles. The van der Waals surface area contributed by atoms with Gasteiger partial charge in [0.05, 0.1) is 16.6 Å². The minimum absolute atomic E-state index is 0.0400. The number of carbonyl (C=O) groups excluding carboxylic acids is 3. The zero-order valence-electron chi connectivity index (χ0n) is 20.0. The molecule has 34 heavy (non-hydrogen) atoms.